The molecular formula is C20H25N3O2. The van der Waals surface area contributed by atoms with Crippen molar-refractivity contribution >= 4 is 5.91 Å². The van der Waals surface area contributed by atoms with Crippen LogP contribution in [0.25, 0.3) is 0 Å². The van der Waals surface area contributed by atoms with Crippen molar-refractivity contribution in [3.8, 4) is 0 Å². The largest absolute Gasteiger partial charge is 0.360 e. The second-order valence-corrected chi connectivity index (χ2v) is 7.18. The zero-order valence-electron chi connectivity index (χ0n) is 14.8. The van der Waals surface area contributed by atoms with Gasteiger partial charge in [-0.3, -0.25) is 9.69 Å². The van der Waals surface area contributed by atoms with Crippen LogP contribution in [0.3, 0.4) is 0 Å². The van der Waals surface area contributed by atoms with Crippen LogP contribution in [-0.2, 0) is 17.8 Å². The Morgan fingerprint density at radius 3 is 2.80 bits per heavy atom. The van der Waals surface area contributed by atoms with Crippen molar-refractivity contribution in [2.45, 2.75) is 38.6 Å². The molecule has 1 fully saturated rings. The Kier molecular flexibility index (Phi) is 4.57. The van der Waals surface area contributed by atoms with Crippen LogP contribution in [0, 0.1) is 6.92 Å². The highest BCUT2D eigenvalue weighted by molar-refractivity contribution is 5.84. The van der Waals surface area contributed by atoms with Crippen LogP contribution in [0.2, 0.25) is 0 Å². The quantitative estimate of drug-likeness (QED) is 0.863. The van der Waals surface area contributed by atoms with Crippen LogP contribution >= 0.6 is 0 Å². The number of carbonyl (C=O) groups is 1. The Bertz CT molecular complexity index is 747. The Morgan fingerprint density at radius 2 is 2.04 bits per heavy atom. The summed E-state index contributed by atoms with van der Waals surface area (Å²) in [5, 5.41) is 3.94. The monoisotopic (exact) mass is 339 g/mol. The van der Waals surface area contributed by atoms with Crippen molar-refractivity contribution in [3.63, 3.8) is 0 Å². The van der Waals surface area contributed by atoms with Gasteiger partial charge in [0.2, 0.25) is 5.91 Å². The summed E-state index contributed by atoms with van der Waals surface area (Å²) in [4.78, 5) is 17.4. The summed E-state index contributed by atoms with van der Waals surface area (Å²) >= 11 is 0. The van der Waals surface area contributed by atoms with Crippen LogP contribution < -0.4 is 0 Å². The summed E-state index contributed by atoms with van der Waals surface area (Å²) in [5.74, 6) is 1.26. The van der Waals surface area contributed by atoms with Crippen LogP contribution in [-0.4, -0.2) is 47.0 Å². The highest BCUT2D eigenvalue weighted by atomic mass is 16.5. The lowest BCUT2D eigenvalue weighted by molar-refractivity contribution is -0.135. The van der Waals surface area contributed by atoms with E-state index in [2.05, 4.69) is 39.2 Å². The van der Waals surface area contributed by atoms with Crippen molar-refractivity contribution in [2.24, 2.45) is 0 Å². The van der Waals surface area contributed by atoms with Gasteiger partial charge in [-0.1, -0.05) is 29.4 Å². The molecule has 0 saturated carbocycles. The first-order valence-corrected chi connectivity index (χ1v) is 9.22. The molecule has 1 aromatic heterocycles. The SMILES string of the molecule is Cc1cc(CN2CCN(C(=O)[C@@H]3CCCc4ccccc43)CC2)on1. The van der Waals surface area contributed by atoms with Gasteiger partial charge in [0.25, 0.3) is 0 Å². The molecule has 2 aromatic rings. The molecular weight excluding hydrogens is 314 g/mol. The highest BCUT2D eigenvalue weighted by Crippen LogP contribution is 2.33. The lowest BCUT2D eigenvalue weighted by Gasteiger charge is -2.37. The van der Waals surface area contributed by atoms with E-state index < -0.39 is 0 Å². The number of carbonyl (C=O) groups excluding carboxylic acids is 1. The van der Waals surface area contributed by atoms with Gasteiger partial charge in [0.05, 0.1) is 18.2 Å². The molecule has 0 radical (unpaired) electrons. The summed E-state index contributed by atoms with van der Waals surface area (Å²) in [6.45, 7) is 6.08. The van der Waals surface area contributed by atoms with Crippen molar-refractivity contribution in [1.82, 2.24) is 15.0 Å². The van der Waals surface area contributed by atoms with E-state index >= 15 is 0 Å². The topological polar surface area (TPSA) is 49.6 Å². The molecule has 5 heteroatoms. The molecule has 1 amide bonds. The lowest BCUT2D eigenvalue weighted by Crippen LogP contribution is -2.49. The highest BCUT2D eigenvalue weighted by Gasteiger charge is 2.31. The first-order chi connectivity index (χ1) is 12.2. The third-order valence-electron chi connectivity index (χ3n) is 5.41. The minimum atomic E-state index is 0.0495. The van der Waals surface area contributed by atoms with E-state index in [0.717, 1.165) is 63.4 Å². The summed E-state index contributed by atoms with van der Waals surface area (Å²) in [5.41, 5.74) is 3.52. The predicted octanol–water partition coefficient (Wildman–Crippen LogP) is 2.75. The Balaban J connectivity index is 1.37. The van der Waals surface area contributed by atoms with Crippen molar-refractivity contribution in [2.75, 3.05) is 26.2 Å². The van der Waals surface area contributed by atoms with Gasteiger partial charge in [0.1, 0.15) is 0 Å². The number of piperazine rings is 1. The zero-order chi connectivity index (χ0) is 17.2. The van der Waals surface area contributed by atoms with Crippen LogP contribution in [0.4, 0.5) is 0 Å². The molecule has 25 heavy (non-hydrogen) atoms. The molecule has 0 bridgehead atoms. The second kappa shape index (κ2) is 7.00. The number of benzene rings is 1. The number of nitrogens with zero attached hydrogens (tertiary/aromatic N) is 3. The molecule has 4 rings (SSSR count). The fourth-order valence-corrected chi connectivity index (χ4v) is 4.07. The molecule has 1 aliphatic carbocycles. The number of fused-ring (bicyclic) bond motifs is 1. The van der Waals surface area contributed by atoms with Crippen molar-refractivity contribution in [3.05, 3.63) is 52.9 Å². The van der Waals surface area contributed by atoms with Crippen LogP contribution in [0.5, 0.6) is 0 Å². The first kappa shape index (κ1) is 16.3. The van der Waals surface area contributed by atoms with Gasteiger partial charge < -0.3 is 9.42 Å². The van der Waals surface area contributed by atoms with Gasteiger partial charge in [-0.2, -0.15) is 0 Å². The van der Waals surface area contributed by atoms with E-state index in [1.54, 1.807) is 0 Å². The van der Waals surface area contributed by atoms with E-state index in [-0.39, 0.29) is 5.92 Å². The maximum atomic E-state index is 13.1. The number of rotatable bonds is 3. The molecule has 2 heterocycles. The molecule has 132 valence electrons. The maximum absolute atomic E-state index is 13.1. The Hall–Kier alpha value is -2.14. The van der Waals surface area contributed by atoms with Gasteiger partial charge in [0.15, 0.2) is 5.76 Å². The van der Waals surface area contributed by atoms with E-state index in [4.69, 9.17) is 4.52 Å². The van der Waals surface area contributed by atoms with Gasteiger partial charge in [-0.25, -0.2) is 0 Å². The molecule has 0 N–H and O–H groups in total. The molecule has 1 aromatic carbocycles. The third-order valence-corrected chi connectivity index (χ3v) is 5.41. The number of amides is 1. The van der Waals surface area contributed by atoms with Gasteiger partial charge in [0, 0.05) is 32.2 Å². The van der Waals surface area contributed by atoms with E-state index in [1.165, 1.54) is 11.1 Å². The van der Waals surface area contributed by atoms with Crippen molar-refractivity contribution in [1.29, 1.82) is 0 Å². The fraction of sp³-hybridized carbons (Fsp3) is 0.500. The average molecular weight is 339 g/mol. The smallest absolute Gasteiger partial charge is 0.230 e. The van der Waals surface area contributed by atoms with E-state index in [1.807, 2.05) is 13.0 Å². The second-order valence-electron chi connectivity index (χ2n) is 7.18. The molecule has 2 aliphatic rings. The van der Waals surface area contributed by atoms with Crippen LogP contribution in [0.1, 0.15) is 41.3 Å². The first-order valence-electron chi connectivity index (χ1n) is 9.22. The predicted molar refractivity (Wildman–Crippen MR) is 95.2 cm³/mol. The standard InChI is InChI=1S/C20H25N3O2/c1-15-13-17(25-21-15)14-22-9-11-23(12-10-22)20(24)19-8-4-6-16-5-2-3-7-18(16)19/h2-3,5,7,13,19H,4,6,8-12,14H2,1H3/t19-/m1/s1. The summed E-state index contributed by atoms with van der Waals surface area (Å²) in [7, 11) is 0. The molecule has 1 aliphatic heterocycles. The maximum Gasteiger partial charge on any atom is 0.230 e. The van der Waals surface area contributed by atoms with E-state index in [0.29, 0.717) is 5.91 Å². The zero-order valence-corrected chi connectivity index (χ0v) is 14.8. The Morgan fingerprint density at radius 1 is 1.24 bits per heavy atom. The van der Waals surface area contributed by atoms with E-state index in [9.17, 15) is 4.79 Å². The van der Waals surface area contributed by atoms with Crippen LogP contribution in [0.15, 0.2) is 34.9 Å². The number of hydrogen-bond donors (Lipinski definition) is 0. The summed E-state index contributed by atoms with van der Waals surface area (Å²) in [6, 6.07) is 10.4. The van der Waals surface area contributed by atoms with Gasteiger partial charge in [-0.15, -0.1) is 0 Å². The molecule has 5 nitrogen and oxygen atoms in total. The summed E-state index contributed by atoms with van der Waals surface area (Å²) < 4.78 is 5.30. The molecule has 1 atom stereocenters. The minimum Gasteiger partial charge on any atom is -0.360 e. The Labute approximate surface area is 148 Å². The normalized spacial score (nSPS) is 21.2. The minimum absolute atomic E-state index is 0.0495. The lowest BCUT2D eigenvalue weighted by atomic mass is 9.82. The fourth-order valence-electron chi connectivity index (χ4n) is 4.07. The van der Waals surface area contributed by atoms with Gasteiger partial charge in [-0.05, 0) is 37.3 Å². The molecule has 0 spiro atoms. The third kappa shape index (κ3) is 3.47. The summed E-state index contributed by atoms with van der Waals surface area (Å²) in [6.07, 6.45) is 3.19. The number of hydrogen-bond acceptors (Lipinski definition) is 4. The van der Waals surface area contributed by atoms with Crippen molar-refractivity contribution < 1.29 is 9.32 Å². The van der Waals surface area contributed by atoms with Gasteiger partial charge >= 0.3 is 0 Å². The molecule has 1 saturated heterocycles. The number of aromatic nitrogens is 1. The number of aryl methyl sites for hydroxylation is 2. The average Bonchev–Trinajstić information content (AvgIpc) is 3.06. The molecule has 0 unspecified atom stereocenters.